The third-order valence-corrected chi connectivity index (χ3v) is 3.88. The molecule has 23 heavy (non-hydrogen) atoms. The fraction of sp³-hybridized carbons (Fsp3) is 0.0500. The Kier molecular flexibility index (Phi) is 3.31. The Morgan fingerprint density at radius 2 is 1.57 bits per heavy atom. The highest BCUT2D eigenvalue weighted by atomic mass is 16.5. The molecule has 0 aliphatic heterocycles. The molecule has 3 aromatic carbocycles. The van der Waals surface area contributed by atoms with Crippen molar-refractivity contribution in [3.8, 4) is 28.5 Å². The van der Waals surface area contributed by atoms with Crippen molar-refractivity contribution in [2.45, 2.75) is 0 Å². The van der Waals surface area contributed by atoms with E-state index in [0.29, 0.717) is 5.89 Å². The molecule has 1 aromatic heterocycles. The van der Waals surface area contributed by atoms with E-state index >= 15 is 0 Å². The minimum absolute atomic E-state index is 0.626. The van der Waals surface area contributed by atoms with Gasteiger partial charge in [0.25, 0.3) is 0 Å². The van der Waals surface area contributed by atoms with Crippen molar-refractivity contribution in [2.75, 3.05) is 7.11 Å². The lowest BCUT2D eigenvalue weighted by molar-refractivity contribution is 0.415. The van der Waals surface area contributed by atoms with Crippen LogP contribution in [0.15, 0.2) is 77.3 Å². The Labute approximate surface area is 134 Å². The predicted octanol–water partition coefficient (Wildman–Crippen LogP) is 5.17. The minimum Gasteiger partial charge on any atom is -0.497 e. The van der Waals surface area contributed by atoms with Gasteiger partial charge < -0.3 is 9.15 Å². The molecule has 0 amide bonds. The van der Waals surface area contributed by atoms with E-state index in [4.69, 9.17) is 9.15 Å². The lowest BCUT2D eigenvalue weighted by Crippen LogP contribution is -1.81. The molecule has 0 atom stereocenters. The van der Waals surface area contributed by atoms with Crippen molar-refractivity contribution < 1.29 is 9.15 Å². The second kappa shape index (κ2) is 5.61. The topological polar surface area (TPSA) is 35.3 Å². The van der Waals surface area contributed by atoms with Gasteiger partial charge in [-0.25, -0.2) is 4.98 Å². The van der Waals surface area contributed by atoms with Gasteiger partial charge in [0.1, 0.15) is 5.75 Å². The van der Waals surface area contributed by atoms with Crippen LogP contribution in [0.1, 0.15) is 0 Å². The number of ether oxygens (including phenoxy) is 1. The van der Waals surface area contributed by atoms with E-state index in [1.54, 1.807) is 13.3 Å². The van der Waals surface area contributed by atoms with Gasteiger partial charge in [0, 0.05) is 11.1 Å². The molecular weight excluding hydrogens is 286 g/mol. The molecule has 3 heteroatoms. The summed E-state index contributed by atoms with van der Waals surface area (Å²) in [6.45, 7) is 0. The normalized spacial score (nSPS) is 10.8. The van der Waals surface area contributed by atoms with Gasteiger partial charge in [0.15, 0.2) is 5.76 Å². The van der Waals surface area contributed by atoms with Crippen molar-refractivity contribution in [3.63, 3.8) is 0 Å². The van der Waals surface area contributed by atoms with Crippen LogP contribution in [0, 0.1) is 0 Å². The molecule has 0 fully saturated rings. The van der Waals surface area contributed by atoms with Crippen LogP contribution in [-0.2, 0) is 0 Å². The zero-order chi connectivity index (χ0) is 15.6. The molecule has 4 rings (SSSR count). The Morgan fingerprint density at radius 1 is 0.826 bits per heavy atom. The van der Waals surface area contributed by atoms with Gasteiger partial charge in [0.05, 0.1) is 13.3 Å². The summed E-state index contributed by atoms with van der Waals surface area (Å²) in [7, 11) is 1.65. The van der Waals surface area contributed by atoms with Crippen LogP contribution in [0.4, 0.5) is 0 Å². The van der Waals surface area contributed by atoms with Gasteiger partial charge in [-0.2, -0.15) is 0 Å². The van der Waals surface area contributed by atoms with Crippen LogP contribution in [0.25, 0.3) is 33.6 Å². The van der Waals surface area contributed by atoms with Gasteiger partial charge >= 0.3 is 0 Å². The van der Waals surface area contributed by atoms with E-state index in [1.807, 2.05) is 42.5 Å². The molecule has 3 nitrogen and oxygen atoms in total. The first kappa shape index (κ1) is 13.6. The number of hydrogen-bond acceptors (Lipinski definition) is 3. The summed E-state index contributed by atoms with van der Waals surface area (Å²) < 4.78 is 11.1. The average molecular weight is 301 g/mol. The summed E-state index contributed by atoms with van der Waals surface area (Å²) >= 11 is 0. The molecule has 0 spiro atoms. The maximum Gasteiger partial charge on any atom is 0.226 e. The van der Waals surface area contributed by atoms with Crippen molar-refractivity contribution in [3.05, 3.63) is 72.9 Å². The van der Waals surface area contributed by atoms with E-state index < -0.39 is 0 Å². The third kappa shape index (κ3) is 2.57. The molecule has 0 aliphatic carbocycles. The summed E-state index contributed by atoms with van der Waals surface area (Å²) in [6.07, 6.45) is 1.76. The lowest BCUT2D eigenvalue weighted by atomic mass is 10.1. The van der Waals surface area contributed by atoms with Crippen molar-refractivity contribution >= 4 is 10.8 Å². The standard InChI is InChI=1S/C20H15NO2/c1-22-18-10-8-15(9-11-18)19-13-21-20(23-19)17-7-6-14-4-2-3-5-16(14)12-17/h2-13H,1H3. The molecule has 0 saturated carbocycles. The molecule has 0 bridgehead atoms. The summed E-state index contributed by atoms with van der Waals surface area (Å²) in [5.74, 6) is 2.19. The van der Waals surface area contributed by atoms with Crippen LogP contribution in [-0.4, -0.2) is 12.1 Å². The number of aromatic nitrogens is 1. The Bertz CT molecular complexity index is 955. The van der Waals surface area contributed by atoms with Crippen LogP contribution in [0.3, 0.4) is 0 Å². The van der Waals surface area contributed by atoms with Crippen LogP contribution >= 0.6 is 0 Å². The van der Waals surface area contributed by atoms with E-state index in [1.165, 1.54) is 10.8 Å². The lowest BCUT2D eigenvalue weighted by Gasteiger charge is -2.01. The maximum atomic E-state index is 5.93. The van der Waals surface area contributed by atoms with E-state index in [9.17, 15) is 0 Å². The van der Waals surface area contributed by atoms with E-state index in [2.05, 4.69) is 29.2 Å². The monoisotopic (exact) mass is 301 g/mol. The molecule has 0 unspecified atom stereocenters. The van der Waals surface area contributed by atoms with Crippen molar-refractivity contribution in [1.29, 1.82) is 0 Å². The molecule has 112 valence electrons. The molecule has 1 heterocycles. The first-order valence-corrected chi connectivity index (χ1v) is 7.43. The number of methoxy groups -OCH3 is 1. The highest BCUT2D eigenvalue weighted by Crippen LogP contribution is 2.29. The summed E-state index contributed by atoms with van der Waals surface area (Å²) in [4.78, 5) is 4.41. The van der Waals surface area contributed by atoms with Gasteiger partial charge in [-0.1, -0.05) is 30.3 Å². The zero-order valence-corrected chi connectivity index (χ0v) is 12.7. The smallest absolute Gasteiger partial charge is 0.226 e. The van der Waals surface area contributed by atoms with Gasteiger partial charge in [0.2, 0.25) is 5.89 Å². The quantitative estimate of drug-likeness (QED) is 0.523. The van der Waals surface area contributed by atoms with Crippen molar-refractivity contribution in [2.24, 2.45) is 0 Å². The molecule has 0 aliphatic rings. The minimum atomic E-state index is 0.626. The third-order valence-electron chi connectivity index (χ3n) is 3.88. The molecule has 0 saturated heterocycles. The maximum absolute atomic E-state index is 5.93. The molecule has 0 radical (unpaired) electrons. The second-order valence-corrected chi connectivity index (χ2v) is 5.32. The summed E-state index contributed by atoms with van der Waals surface area (Å²) in [5.41, 5.74) is 1.95. The van der Waals surface area contributed by atoms with E-state index in [0.717, 1.165) is 22.6 Å². The predicted molar refractivity (Wildman–Crippen MR) is 91.4 cm³/mol. The van der Waals surface area contributed by atoms with Crippen LogP contribution < -0.4 is 4.74 Å². The SMILES string of the molecule is COc1ccc(-c2cnc(-c3ccc4ccccc4c3)o2)cc1. The number of fused-ring (bicyclic) bond motifs is 1. The number of rotatable bonds is 3. The Morgan fingerprint density at radius 3 is 2.35 bits per heavy atom. The summed E-state index contributed by atoms with van der Waals surface area (Å²) in [5, 5.41) is 2.38. The fourth-order valence-corrected chi connectivity index (χ4v) is 2.62. The number of benzene rings is 3. The number of oxazole rings is 1. The van der Waals surface area contributed by atoms with Gasteiger partial charge in [-0.05, 0) is 47.2 Å². The zero-order valence-electron chi connectivity index (χ0n) is 12.7. The second-order valence-electron chi connectivity index (χ2n) is 5.32. The summed E-state index contributed by atoms with van der Waals surface area (Å²) in [6, 6.07) is 22.2. The highest BCUT2D eigenvalue weighted by Gasteiger charge is 2.09. The number of nitrogens with zero attached hydrogens (tertiary/aromatic N) is 1. The largest absolute Gasteiger partial charge is 0.497 e. The first-order valence-electron chi connectivity index (χ1n) is 7.43. The first-order chi connectivity index (χ1) is 11.3. The van der Waals surface area contributed by atoms with Crippen molar-refractivity contribution in [1.82, 2.24) is 4.98 Å². The highest BCUT2D eigenvalue weighted by molar-refractivity contribution is 5.86. The van der Waals surface area contributed by atoms with Crippen LogP contribution in [0.2, 0.25) is 0 Å². The van der Waals surface area contributed by atoms with Gasteiger partial charge in [-0.15, -0.1) is 0 Å². The molecular formula is C20H15NO2. The number of hydrogen-bond donors (Lipinski definition) is 0. The molecule has 4 aromatic rings. The van der Waals surface area contributed by atoms with Gasteiger partial charge in [-0.3, -0.25) is 0 Å². The van der Waals surface area contributed by atoms with E-state index in [-0.39, 0.29) is 0 Å². The van der Waals surface area contributed by atoms with Crippen LogP contribution in [0.5, 0.6) is 5.75 Å². The fourth-order valence-electron chi connectivity index (χ4n) is 2.62. The molecule has 0 N–H and O–H groups in total. The average Bonchev–Trinajstić information content (AvgIpc) is 3.11. The Hall–Kier alpha value is -3.07. The Balaban J connectivity index is 1.70.